The molecule has 0 aliphatic carbocycles. The van der Waals surface area contributed by atoms with E-state index < -0.39 is 11.8 Å². The number of aliphatic imine (C=N–C) groups is 1. The van der Waals surface area contributed by atoms with E-state index in [1.807, 2.05) is 48.5 Å². The van der Waals surface area contributed by atoms with E-state index in [4.69, 9.17) is 0 Å². The van der Waals surface area contributed by atoms with Crippen molar-refractivity contribution < 1.29 is 9.59 Å². The molecule has 1 fully saturated rings. The monoisotopic (exact) mass is 305 g/mol. The van der Waals surface area contributed by atoms with Crippen LogP contribution in [0.5, 0.6) is 0 Å². The molecule has 2 unspecified atom stereocenters. The number of para-hydroxylation sites is 2. The maximum atomic E-state index is 12.8. The van der Waals surface area contributed by atoms with Crippen LogP contribution in [0.3, 0.4) is 0 Å². The first-order valence-corrected chi connectivity index (χ1v) is 7.55. The standard InChI is InChI=1S/C18H15N3O2/c22-17-14-11-19-16(20-12-7-3-1-4-8-12)15(14)18(23)21(17)13-9-5-2-6-10-13/h1-10,14-15H,11H2,(H,19,20). The van der Waals surface area contributed by atoms with Crippen LogP contribution in [0.4, 0.5) is 11.4 Å². The molecular weight excluding hydrogens is 290 g/mol. The van der Waals surface area contributed by atoms with Crippen LogP contribution in [0.1, 0.15) is 0 Å². The van der Waals surface area contributed by atoms with Gasteiger partial charge in [-0.3, -0.25) is 14.6 Å². The number of nitrogens with one attached hydrogen (secondary N) is 1. The van der Waals surface area contributed by atoms with E-state index >= 15 is 0 Å². The second kappa shape index (κ2) is 5.35. The molecule has 0 radical (unpaired) electrons. The van der Waals surface area contributed by atoms with E-state index in [1.54, 1.807) is 12.1 Å². The molecule has 5 nitrogen and oxygen atoms in total. The van der Waals surface area contributed by atoms with E-state index in [-0.39, 0.29) is 11.8 Å². The van der Waals surface area contributed by atoms with Gasteiger partial charge in [0.1, 0.15) is 11.8 Å². The lowest BCUT2D eigenvalue weighted by Crippen LogP contribution is -2.34. The van der Waals surface area contributed by atoms with Crippen molar-refractivity contribution in [1.29, 1.82) is 0 Å². The molecule has 0 saturated carbocycles. The van der Waals surface area contributed by atoms with E-state index in [1.165, 1.54) is 4.90 Å². The van der Waals surface area contributed by atoms with Crippen molar-refractivity contribution in [3.05, 3.63) is 60.7 Å². The molecule has 0 aromatic heterocycles. The number of amides is 2. The van der Waals surface area contributed by atoms with Gasteiger partial charge in [-0.2, -0.15) is 0 Å². The minimum atomic E-state index is -0.511. The number of benzene rings is 2. The molecule has 2 aliphatic heterocycles. The van der Waals surface area contributed by atoms with Gasteiger partial charge in [-0.1, -0.05) is 36.4 Å². The Morgan fingerprint density at radius 1 is 0.913 bits per heavy atom. The highest BCUT2D eigenvalue weighted by Crippen LogP contribution is 2.35. The van der Waals surface area contributed by atoms with Gasteiger partial charge in [0, 0.05) is 5.69 Å². The number of amidine groups is 1. The van der Waals surface area contributed by atoms with Crippen molar-refractivity contribution >= 4 is 29.0 Å². The summed E-state index contributed by atoms with van der Waals surface area (Å²) in [6, 6.07) is 18.6. The van der Waals surface area contributed by atoms with Crippen molar-refractivity contribution in [3.63, 3.8) is 0 Å². The summed E-state index contributed by atoms with van der Waals surface area (Å²) in [7, 11) is 0. The molecule has 2 aliphatic rings. The zero-order valence-corrected chi connectivity index (χ0v) is 12.3. The first kappa shape index (κ1) is 13.7. The maximum absolute atomic E-state index is 12.8. The van der Waals surface area contributed by atoms with Crippen LogP contribution >= 0.6 is 0 Å². The molecule has 4 rings (SSSR count). The lowest BCUT2D eigenvalue weighted by atomic mass is 9.97. The lowest BCUT2D eigenvalue weighted by Gasteiger charge is -2.16. The summed E-state index contributed by atoms with van der Waals surface area (Å²) in [5.74, 6) is -0.694. The zero-order valence-electron chi connectivity index (χ0n) is 12.3. The number of anilines is 2. The minimum absolute atomic E-state index is 0.167. The van der Waals surface area contributed by atoms with Crippen molar-refractivity contribution in [2.24, 2.45) is 16.8 Å². The fourth-order valence-electron chi connectivity index (χ4n) is 3.13. The Bertz CT molecular complexity index is 786. The molecule has 0 bridgehead atoms. The molecule has 2 heterocycles. The smallest absolute Gasteiger partial charge is 0.245 e. The van der Waals surface area contributed by atoms with Crippen molar-refractivity contribution in [2.75, 3.05) is 16.8 Å². The second-order valence-electron chi connectivity index (χ2n) is 5.65. The average molecular weight is 305 g/mol. The molecule has 2 atom stereocenters. The summed E-state index contributed by atoms with van der Waals surface area (Å²) in [6.45, 7) is 0.355. The van der Waals surface area contributed by atoms with Crippen LogP contribution in [0.2, 0.25) is 0 Å². The Labute approximate surface area is 133 Å². The Hall–Kier alpha value is -2.95. The molecule has 0 spiro atoms. The van der Waals surface area contributed by atoms with E-state index in [0.717, 1.165) is 5.69 Å². The Kier molecular flexibility index (Phi) is 3.19. The van der Waals surface area contributed by atoms with Crippen molar-refractivity contribution in [2.45, 2.75) is 0 Å². The lowest BCUT2D eigenvalue weighted by molar-refractivity contribution is -0.122. The highest BCUT2D eigenvalue weighted by molar-refractivity contribution is 6.30. The third-order valence-electron chi connectivity index (χ3n) is 4.24. The van der Waals surface area contributed by atoms with Gasteiger partial charge in [0.05, 0.1) is 18.2 Å². The topological polar surface area (TPSA) is 61.8 Å². The Balaban J connectivity index is 1.62. The number of rotatable bonds is 2. The quantitative estimate of drug-likeness (QED) is 0.866. The van der Waals surface area contributed by atoms with E-state index in [9.17, 15) is 9.59 Å². The Morgan fingerprint density at radius 2 is 1.57 bits per heavy atom. The van der Waals surface area contributed by atoms with Crippen LogP contribution in [0.25, 0.3) is 0 Å². The van der Waals surface area contributed by atoms with Crippen molar-refractivity contribution in [3.8, 4) is 0 Å². The summed E-state index contributed by atoms with van der Waals surface area (Å²) in [4.78, 5) is 31.1. The van der Waals surface area contributed by atoms with E-state index in [0.29, 0.717) is 18.1 Å². The van der Waals surface area contributed by atoms with E-state index in [2.05, 4.69) is 10.3 Å². The summed E-state index contributed by atoms with van der Waals surface area (Å²) >= 11 is 0. The van der Waals surface area contributed by atoms with Crippen LogP contribution in [-0.2, 0) is 9.59 Å². The molecular formula is C18H15N3O2. The number of nitrogens with zero attached hydrogens (tertiary/aromatic N) is 2. The first-order chi connectivity index (χ1) is 11.3. The third-order valence-corrected chi connectivity index (χ3v) is 4.24. The summed E-state index contributed by atoms with van der Waals surface area (Å²) in [5, 5.41) is 3.19. The maximum Gasteiger partial charge on any atom is 0.245 e. The molecule has 2 aromatic carbocycles. The van der Waals surface area contributed by atoms with Gasteiger partial charge in [0.25, 0.3) is 0 Å². The van der Waals surface area contributed by atoms with Crippen LogP contribution in [0.15, 0.2) is 65.7 Å². The SMILES string of the molecule is O=C1C2CN=C(Nc3ccccc3)C2C(=O)N1c1ccccc1. The Morgan fingerprint density at radius 3 is 2.26 bits per heavy atom. The molecule has 1 N–H and O–H groups in total. The molecule has 5 heteroatoms. The summed E-state index contributed by atoms with van der Waals surface area (Å²) in [5.41, 5.74) is 1.49. The van der Waals surface area contributed by atoms with Gasteiger partial charge >= 0.3 is 0 Å². The van der Waals surface area contributed by atoms with Gasteiger partial charge in [-0.05, 0) is 24.3 Å². The number of imide groups is 1. The van der Waals surface area contributed by atoms with Gasteiger partial charge in [0.15, 0.2) is 0 Å². The normalized spacial score (nSPS) is 23.0. The largest absolute Gasteiger partial charge is 0.343 e. The predicted octanol–water partition coefficient (Wildman–Crippen LogP) is 2.32. The third kappa shape index (κ3) is 2.21. The highest BCUT2D eigenvalue weighted by atomic mass is 16.2. The number of hydrogen-bond acceptors (Lipinski definition) is 4. The molecule has 2 aromatic rings. The second-order valence-corrected chi connectivity index (χ2v) is 5.65. The fraction of sp³-hybridized carbons (Fsp3) is 0.167. The predicted molar refractivity (Wildman–Crippen MR) is 88.3 cm³/mol. The van der Waals surface area contributed by atoms with Gasteiger partial charge in [0.2, 0.25) is 11.8 Å². The molecule has 114 valence electrons. The molecule has 2 amide bonds. The summed E-state index contributed by atoms with van der Waals surface area (Å²) in [6.07, 6.45) is 0. The van der Waals surface area contributed by atoms with Crippen molar-refractivity contribution in [1.82, 2.24) is 0 Å². The van der Waals surface area contributed by atoms with Crippen LogP contribution in [-0.4, -0.2) is 24.2 Å². The molecule has 1 saturated heterocycles. The number of carbonyl (C=O) groups is 2. The van der Waals surface area contributed by atoms with Gasteiger partial charge in [-0.15, -0.1) is 0 Å². The minimum Gasteiger partial charge on any atom is -0.343 e. The number of hydrogen-bond donors (Lipinski definition) is 1. The van der Waals surface area contributed by atoms with Crippen LogP contribution in [0, 0.1) is 11.8 Å². The fourth-order valence-corrected chi connectivity index (χ4v) is 3.13. The average Bonchev–Trinajstić information content (AvgIpc) is 3.10. The summed E-state index contributed by atoms with van der Waals surface area (Å²) < 4.78 is 0. The zero-order chi connectivity index (χ0) is 15.8. The van der Waals surface area contributed by atoms with Crippen LogP contribution < -0.4 is 10.2 Å². The number of fused-ring (bicyclic) bond motifs is 1. The molecule has 23 heavy (non-hydrogen) atoms. The number of carbonyl (C=O) groups excluding carboxylic acids is 2. The van der Waals surface area contributed by atoms with Gasteiger partial charge in [-0.25, -0.2) is 4.90 Å². The first-order valence-electron chi connectivity index (χ1n) is 7.55. The highest BCUT2D eigenvalue weighted by Gasteiger charge is 2.53. The van der Waals surface area contributed by atoms with Gasteiger partial charge < -0.3 is 5.32 Å².